The van der Waals surface area contributed by atoms with Gasteiger partial charge in [0, 0.05) is 24.2 Å². The van der Waals surface area contributed by atoms with Gasteiger partial charge in [0.1, 0.15) is 29.3 Å². The summed E-state index contributed by atoms with van der Waals surface area (Å²) in [6, 6.07) is 8.62. The third kappa shape index (κ3) is 3.84. The second kappa shape index (κ2) is 8.61. The maximum absolute atomic E-state index is 13.8. The summed E-state index contributed by atoms with van der Waals surface area (Å²) in [5.41, 5.74) is 0.441. The molecule has 0 aliphatic carbocycles. The third-order valence-corrected chi connectivity index (χ3v) is 4.81. The fourth-order valence-electron chi connectivity index (χ4n) is 3.25. The van der Waals surface area contributed by atoms with Crippen LogP contribution in [-0.4, -0.2) is 39.1 Å². The number of rotatable bonds is 7. The van der Waals surface area contributed by atoms with Crippen molar-refractivity contribution in [1.29, 1.82) is 0 Å². The molecule has 0 bridgehead atoms. The Bertz CT molecular complexity index is 1280. The van der Waals surface area contributed by atoms with Crippen LogP contribution in [0.2, 0.25) is 0 Å². The molecule has 0 aliphatic heterocycles. The van der Waals surface area contributed by atoms with Gasteiger partial charge in [-0.05, 0) is 24.3 Å². The number of hydrogen-bond acceptors (Lipinski definition) is 7. The molecule has 0 saturated heterocycles. The Morgan fingerprint density at radius 1 is 1.09 bits per heavy atom. The Balaban J connectivity index is 1.76. The first kappa shape index (κ1) is 21.2. The highest BCUT2D eigenvalue weighted by Crippen LogP contribution is 2.33. The molecular weight excluding hydrogens is 427 g/mol. The molecule has 0 unspecified atom stereocenters. The lowest BCUT2D eigenvalue weighted by atomic mass is 10.2. The first-order valence-electron chi connectivity index (χ1n) is 9.38. The van der Waals surface area contributed by atoms with Crippen LogP contribution < -0.4 is 14.8 Å². The van der Waals surface area contributed by atoms with Crippen LogP contribution in [0.5, 0.6) is 17.2 Å². The second-order valence-corrected chi connectivity index (χ2v) is 6.69. The molecule has 0 amide bonds. The Hall–Kier alpha value is -4.02. The number of alkyl halides is 2. The number of benzene rings is 2. The summed E-state index contributed by atoms with van der Waals surface area (Å²) in [7, 11) is 3.05. The summed E-state index contributed by atoms with van der Waals surface area (Å²) in [4.78, 5) is 8.19. The summed E-state index contributed by atoms with van der Waals surface area (Å²) < 4.78 is 52.7. The number of aromatic hydroxyl groups is 1. The van der Waals surface area contributed by atoms with Crippen LogP contribution in [0.15, 0.2) is 42.7 Å². The van der Waals surface area contributed by atoms with Gasteiger partial charge >= 0.3 is 0 Å². The molecule has 32 heavy (non-hydrogen) atoms. The molecule has 0 radical (unpaired) electrons. The van der Waals surface area contributed by atoms with Crippen molar-refractivity contribution in [1.82, 2.24) is 19.7 Å². The van der Waals surface area contributed by atoms with Crippen LogP contribution >= 0.6 is 0 Å². The van der Waals surface area contributed by atoms with Crippen molar-refractivity contribution < 1.29 is 27.8 Å². The van der Waals surface area contributed by atoms with Gasteiger partial charge in [0.2, 0.25) is 0 Å². The zero-order valence-electron chi connectivity index (χ0n) is 17.0. The van der Waals surface area contributed by atoms with E-state index in [9.17, 15) is 18.3 Å². The monoisotopic (exact) mass is 445 g/mol. The quantitative estimate of drug-likeness (QED) is 0.440. The van der Waals surface area contributed by atoms with E-state index in [-0.39, 0.29) is 29.1 Å². The summed E-state index contributed by atoms with van der Waals surface area (Å²) in [6.07, 6.45) is -1.72. The van der Waals surface area contributed by atoms with E-state index in [4.69, 9.17) is 9.47 Å². The molecule has 8 nitrogen and oxygen atoms in total. The van der Waals surface area contributed by atoms with Crippen molar-refractivity contribution in [3.05, 3.63) is 59.8 Å². The van der Waals surface area contributed by atoms with Gasteiger partial charge in [-0.2, -0.15) is 5.10 Å². The van der Waals surface area contributed by atoms with Crippen molar-refractivity contribution in [2.75, 3.05) is 19.5 Å². The van der Waals surface area contributed by atoms with Crippen LogP contribution in [0, 0.1) is 5.82 Å². The van der Waals surface area contributed by atoms with Gasteiger partial charge in [-0.3, -0.25) is 0 Å². The number of halogens is 3. The Labute approximate surface area is 180 Å². The normalized spacial score (nSPS) is 11.2. The number of phenolic OH excluding ortho intramolecular Hbond substituents is 1. The molecule has 0 atom stereocenters. The fraction of sp³-hybridized carbons (Fsp3) is 0.190. The van der Waals surface area contributed by atoms with Crippen LogP contribution in [0.4, 0.5) is 19.0 Å². The average molecular weight is 445 g/mol. The summed E-state index contributed by atoms with van der Waals surface area (Å²) in [5, 5.41) is 16.7. The van der Waals surface area contributed by atoms with Crippen LogP contribution in [0.1, 0.15) is 17.7 Å². The van der Waals surface area contributed by atoms with E-state index in [1.165, 1.54) is 26.6 Å². The van der Waals surface area contributed by atoms with Gasteiger partial charge in [-0.15, -0.1) is 0 Å². The standard InChI is InChI=1S/C21H18F3N5O3/c1-31-13-5-3-11(16(8-13)32-2)9-25-20-17-18(19(23)24)28-29(21(17)27-10-26-20)12-4-6-14(22)15(30)7-12/h3-8,10,19,30H,9H2,1-2H3,(H,25,26,27). The minimum Gasteiger partial charge on any atom is -0.505 e. The third-order valence-electron chi connectivity index (χ3n) is 4.81. The average Bonchev–Trinajstić information content (AvgIpc) is 3.20. The summed E-state index contributed by atoms with van der Waals surface area (Å²) in [6.45, 7) is 0.213. The largest absolute Gasteiger partial charge is 0.505 e. The molecule has 0 saturated carbocycles. The van der Waals surface area contributed by atoms with E-state index in [1.807, 2.05) is 0 Å². The summed E-state index contributed by atoms with van der Waals surface area (Å²) >= 11 is 0. The lowest BCUT2D eigenvalue weighted by Gasteiger charge is -2.12. The van der Waals surface area contributed by atoms with Crippen molar-refractivity contribution in [2.24, 2.45) is 0 Å². The number of phenols is 1. The van der Waals surface area contributed by atoms with E-state index in [0.717, 1.165) is 22.4 Å². The first-order chi connectivity index (χ1) is 15.4. The molecule has 4 rings (SSSR count). The number of nitrogens with one attached hydrogen (secondary N) is 1. The number of nitrogens with zero attached hydrogens (tertiary/aromatic N) is 4. The minimum absolute atomic E-state index is 0.0128. The molecule has 166 valence electrons. The van der Waals surface area contributed by atoms with Gasteiger partial charge in [-0.1, -0.05) is 0 Å². The van der Waals surface area contributed by atoms with Crippen molar-refractivity contribution in [3.8, 4) is 22.9 Å². The molecule has 2 heterocycles. The Morgan fingerprint density at radius 3 is 2.59 bits per heavy atom. The van der Waals surface area contributed by atoms with Crippen molar-refractivity contribution in [2.45, 2.75) is 13.0 Å². The zero-order chi connectivity index (χ0) is 22.8. The maximum atomic E-state index is 13.8. The van der Waals surface area contributed by atoms with E-state index < -0.39 is 23.7 Å². The number of aromatic nitrogens is 4. The number of methoxy groups -OCH3 is 2. The lowest BCUT2D eigenvalue weighted by Crippen LogP contribution is -2.05. The van der Waals surface area contributed by atoms with Gasteiger partial charge in [-0.25, -0.2) is 27.8 Å². The van der Waals surface area contributed by atoms with E-state index in [0.29, 0.717) is 11.5 Å². The number of hydrogen-bond donors (Lipinski definition) is 2. The SMILES string of the molecule is COc1ccc(CNc2ncnc3c2c(C(F)F)nn3-c2ccc(F)c(O)c2)c(OC)c1. The van der Waals surface area contributed by atoms with Gasteiger partial charge in [0.15, 0.2) is 17.2 Å². The predicted molar refractivity (Wildman–Crippen MR) is 110 cm³/mol. The fourth-order valence-corrected chi connectivity index (χ4v) is 3.25. The topological polar surface area (TPSA) is 94.3 Å². The molecule has 4 aromatic rings. The number of anilines is 1. The van der Waals surface area contributed by atoms with Crippen LogP contribution in [-0.2, 0) is 6.54 Å². The smallest absolute Gasteiger partial charge is 0.282 e. The van der Waals surface area contributed by atoms with E-state index >= 15 is 0 Å². The van der Waals surface area contributed by atoms with Gasteiger partial charge < -0.3 is 19.9 Å². The lowest BCUT2D eigenvalue weighted by molar-refractivity contribution is 0.147. The minimum atomic E-state index is -2.92. The molecule has 2 N–H and O–H groups in total. The molecule has 0 spiro atoms. The maximum Gasteiger partial charge on any atom is 0.282 e. The highest BCUT2D eigenvalue weighted by Gasteiger charge is 2.24. The highest BCUT2D eigenvalue weighted by atomic mass is 19.3. The molecule has 0 fully saturated rings. The van der Waals surface area contributed by atoms with E-state index in [2.05, 4.69) is 20.4 Å². The van der Waals surface area contributed by atoms with Crippen molar-refractivity contribution in [3.63, 3.8) is 0 Å². The van der Waals surface area contributed by atoms with Gasteiger partial charge in [0.25, 0.3) is 6.43 Å². The van der Waals surface area contributed by atoms with Crippen molar-refractivity contribution >= 4 is 16.9 Å². The molecule has 0 aliphatic rings. The summed E-state index contributed by atoms with van der Waals surface area (Å²) in [5.74, 6) is -0.179. The molecule has 11 heteroatoms. The number of fused-ring (bicyclic) bond motifs is 1. The van der Waals surface area contributed by atoms with Gasteiger partial charge in [0.05, 0.1) is 25.3 Å². The molecule has 2 aromatic heterocycles. The number of ether oxygens (including phenoxy) is 2. The predicted octanol–water partition coefficient (Wildman–Crippen LogP) is 4.23. The first-order valence-corrected chi connectivity index (χ1v) is 9.38. The van der Waals surface area contributed by atoms with Crippen LogP contribution in [0.3, 0.4) is 0 Å². The van der Waals surface area contributed by atoms with Crippen LogP contribution in [0.25, 0.3) is 16.7 Å². The Morgan fingerprint density at radius 2 is 1.91 bits per heavy atom. The second-order valence-electron chi connectivity index (χ2n) is 6.69. The van der Waals surface area contributed by atoms with E-state index in [1.54, 1.807) is 18.2 Å². The molecule has 2 aromatic carbocycles. The Kier molecular flexibility index (Phi) is 5.71. The highest BCUT2D eigenvalue weighted by molar-refractivity contribution is 5.90. The molecular formula is C21H18F3N5O3. The zero-order valence-corrected chi connectivity index (χ0v) is 17.0.